The van der Waals surface area contributed by atoms with Gasteiger partial charge in [-0.1, -0.05) is 12.7 Å². The van der Waals surface area contributed by atoms with E-state index in [0.717, 1.165) is 5.57 Å². The molecule has 0 saturated heterocycles. The summed E-state index contributed by atoms with van der Waals surface area (Å²) in [6.45, 7) is 7.21. The molecule has 0 bridgehead atoms. The smallest absolute Gasteiger partial charge is 0.0285 e. The van der Waals surface area contributed by atoms with Gasteiger partial charge in [0.1, 0.15) is 0 Å². The van der Waals surface area contributed by atoms with Crippen LogP contribution in [0.15, 0.2) is 24.3 Å². The van der Waals surface area contributed by atoms with Gasteiger partial charge in [-0.2, -0.15) is 0 Å². The summed E-state index contributed by atoms with van der Waals surface area (Å²) >= 11 is 0. The summed E-state index contributed by atoms with van der Waals surface area (Å²) in [4.78, 5) is 0. The van der Waals surface area contributed by atoms with Crippen molar-refractivity contribution in [1.82, 2.24) is 0 Å². The molecule has 1 nitrogen and oxygen atoms in total. The van der Waals surface area contributed by atoms with Crippen LogP contribution < -0.4 is 0 Å². The molecule has 0 aliphatic heterocycles. The van der Waals surface area contributed by atoms with Crippen molar-refractivity contribution in [1.29, 1.82) is 5.41 Å². The molecule has 0 aromatic carbocycles. The molecule has 0 radical (unpaired) electrons. The normalized spacial score (nSPS) is 11.0. The van der Waals surface area contributed by atoms with Gasteiger partial charge in [0.25, 0.3) is 0 Å². The van der Waals surface area contributed by atoms with Crippen molar-refractivity contribution in [3.8, 4) is 0 Å². The molecule has 0 aliphatic rings. The van der Waals surface area contributed by atoms with Crippen LogP contribution in [0.3, 0.4) is 0 Å². The highest BCUT2D eigenvalue weighted by Gasteiger charge is 1.78. The van der Waals surface area contributed by atoms with E-state index in [1.54, 1.807) is 19.1 Å². The van der Waals surface area contributed by atoms with Crippen LogP contribution in [0, 0.1) is 5.41 Å². The second-order valence-corrected chi connectivity index (χ2v) is 1.78. The maximum Gasteiger partial charge on any atom is 0.0285 e. The Morgan fingerprint density at radius 1 is 1.50 bits per heavy atom. The van der Waals surface area contributed by atoms with Gasteiger partial charge < -0.3 is 5.41 Å². The second-order valence-electron chi connectivity index (χ2n) is 1.78. The standard InChI is InChI=1S/C7H11N/c1-4-6(2)5-7(3)8/h4-5,8H,1H2,2-3H3/b6-5+,8-7?. The molecule has 0 aromatic heterocycles. The van der Waals surface area contributed by atoms with Crippen molar-refractivity contribution in [2.45, 2.75) is 13.8 Å². The third kappa shape index (κ3) is 3.34. The summed E-state index contributed by atoms with van der Waals surface area (Å²) in [6.07, 6.45) is 3.50. The average molecular weight is 109 g/mol. The SMILES string of the molecule is C=C/C(C)=C/C(C)=N. The average Bonchev–Trinajstić information content (AvgIpc) is 1.65. The number of rotatable bonds is 2. The van der Waals surface area contributed by atoms with E-state index in [-0.39, 0.29) is 0 Å². The van der Waals surface area contributed by atoms with Crippen molar-refractivity contribution < 1.29 is 0 Å². The van der Waals surface area contributed by atoms with Crippen LogP contribution in [0.5, 0.6) is 0 Å². The first-order valence-electron chi connectivity index (χ1n) is 2.52. The van der Waals surface area contributed by atoms with E-state index in [4.69, 9.17) is 5.41 Å². The summed E-state index contributed by atoms with van der Waals surface area (Å²) < 4.78 is 0. The molecule has 0 fully saturated rings. The fraction of sp³-hybridized carbons (Fsp3) is 0.286. The van der Waals surface area contributed by atoms with Crippen LogP contribution in [0.4, 0.5) is 0 Å². The zero-order valence-electron chi connectivity index (χ0n) is 5.36. The highest BCUT2D eigenvalue weighted by atomic mass is 14.4. The summed E-state index contributed by atoms with van der Waals surface area (Å²) in [7, 11) is 0. The lowest BCUT2D eigenvalue weighted by Crippen LogP contribution is -1.79. The van der Waals surface area contributed by atoms with E-state index in [1.165, 1.54) is 0 Å². The van der Waals surface area contributed by atoms with E-state index in [9.17, 15) is 0 Å². The molecule has 1 N–H and O–H groups in total. The lowest BCUT2D eigenvalue weighted by Gasteiger charge is -1.86. The van der Waals surface area contributed by atoms with E-state index < -0.39 is 0 Å². The maximum absolute atomic E-state index is 7.00. The van der Waals surface area contributed by atoms with Crippen molar-refractivity contribution in [3.05, 3.63) is 24.3 Å². The molecule has 0 unspecified atom stereocenters. The number of allylic oxidation sites excluding steroid dienone is 3. The summed E-state index contributed by atoms with van der Waals surface area (Å²) in [5.74, 6) is 0. The number of hydrogen-bond acceptors (Lipinski definition) is 1. The molecule has 0 spiro atoms. The van der Waals surface area contributed by atoms with Crippen LogP contribution in [-0.4, -0.2) is 5.71 Å². The van der Waals surface area contributed by atoms with Gasteiger partial charge in [-0.15, -0.1) is 0 Å². The van der Waals surface area contributed by atoms with Gasteiger partial charge in [0, 0.05) is 5.71 Å². The third-order valence-electron chi connectivity index (χ3n) is 0.766. The Bertz CT molecular complexity index is 131. The summed E-state index contributed by atoms with van der Waals surface area (Å²) in [6, 6.07) is 0. The molecule has 0 aromatic rings. The topological polar surface area (TPSA) is 23.9 Å². The van der Waals surface area contributed by atoms with Crippen LogP contribution in [0.2, 0.25) is 0 Å². The molecule has 1 heteroatoms. The molecule has 44 valence electrons. The number of nitrogens with one attached hydrogen (secondary N) is 1. The van der Waals surface area contributed by atoms with Crippen molar-refractivity contribution in [2.24, 2.45) is 0 Å². The van der Waals surface area contributed by atoms with Crippen LogP contribution in [-0.2, 0) is 0 Å². The highest BCUT2D eigenvalue weighted by Crippen LogP contribution is 1.91. The van der Waals surface area contributed by atoms with Gasteiger partial charge in [-0.05, 0) is 25.5 Å². The Balaban J connectivity index is 3.94. The highest BCUT2D eigenvalue weighted by molar-refractivity contribution is 5.90. The minimum absolute atomic E-state index is 0.572. The van der Waals surface area contributed by atoms with Gasteiger partial charge in [0.15, 0.2) is 0 Å². The minimum Gasteiger partial charge on any atom is -0.306 e. The Hall–Kier alpha value is -0.850. The zero-order valence-corrected chi connectivity index (χ0v) is 5.36. The first kappa shape index (κ1) is 7.15. The van der Waals surface area contributed by atoms with Crippen molar-refractivity contribution in [2.75, 3.05) is 0 Å². The second kappa shape index (κ2) is 3.19. The first-order valence-corrected chi connectivity index (χ1v) is 2.52. The first-order chi connectivity index (χ1) is 3.66. The molecule has 8 heavy (non-hydrogen) atoms. The molecular weight excluding hydrogens is 98.1 g/mol. The third-order valence-corrected chi connectivity index (χ3v) is 0.766. The Kier molecular flexibility index (Phi) is 2.85. The Labute approximate surface area is 50.2 Å². The predicted molar refractivity (Wildman–Crippen MR) is 37.4 cm³/mol. The van der Waals surface area contributed by atoms with Gasteiger partial charge >= 0.3 is 0 Å². The van der Waals surface area contributed by atoms with Crippen molar-refractivity contribution in [3.63, 3.8) is 0 Å². The van der Waals surface area contributed by atoms with E-state index in [0.29, 0.717) is 5.71 Å². The van der Waals surface area contributed by atoms with Crippen LogP contribution in [0.25, 0.3) is 0 Å². The molecular formula is C7H11N. The molecule has 0 aliphatic carbocycles. The van der Waals surface area contributed by atoms with Gasteiger partial charge in [-0.25, -0.2) is 0 Å². The summed E-state index contributed by atoms with van der Waals surface area (Å²) in [5.41, 5.74) is 1.61. The lowest BCUT2D eigenvalue weighted by molar-refractivity contribution is 1.46. The van der Waals surface area contributed by atoms with Crippen LogP contribution in [0.1, 0.15) is 13.8 Å². The molecule has 0 atom stereocenters. The molecule has 0 heterocycles. The van der Waals surface area contributed by atoms with Gasteiger partial charge in [0.05, 0.1) is 0 Å². The van der Waals surface area contributed by atoms with E-state index in [1.807, 2.05) is 6.92 Å². The zero-order chi connectivity index (χ0) is 6.57. The molecule has 0 amide bonds. The lowest BCUT2D eigenvalue weighted by atomic mass is 10.2. The van der Waals surface area contributed by atoms with Crippen molar-refractivity contribution >= 4 is 5.71 Å². The molecule has 0 rings (SSSR count). The molecule has 0 saturated carbocycles. The predicted octanol–water partition coefficient (Wildman–Crippen LogP) is 2.16. The largest absolute Gasteiger partial charge is 0.306 e. The quantitative estimate of drug-likeness (QED) is 0.415. The minimum atomic E-state index is 0.572. The Morgan fingerprint density at radius 3 is 2.12 bits per heavy atom. The number of hydrogen-bond donors (Lipinski definition) is 1. The summed E-state index contributed by atoms with van der Waals surface area (Å²) in [5, 5.41) is 7.00. The van der Waals surface area contributed by atoms with E-state index in [2.05, 4.69) is 6.58 Å². The monoisotopic (exact) mass is 109 g/mol. The van der Waals surface area contributed by atoms with E-state index >= 15 is 0 Å². The van der Waals surface area contributed by atoms with Crippen LogP contribution >= 0.6 is 0 Å². The van der Waals surface area contributed by atoms with Gasteiger partial charge in [-0.3, -0.25) is 0 Å². The maximum atomic E-state index is 7.00. The fourth-order valence-corrected chi connectivity index (χ4v) is 0.400. The fourth-order valence-electron chi connectivity index (χ4n) is 0.400. The Morgan fingerprint density at radius 2 is 2.00 bits per heavy atom. The van der Waals surface area contributed by atoms with Gasteiger partial charge in [0.2, 0.25) is 0 Å².